The van der Waals surface area contributed by atoms with E-state index in [0.29, 0.717) is 6.54 Å². The molecule has 18 heavy (non-hydrogen) atoms. The van der Waals surface area contributed by atoms with Crippen LogP contribution in [-0.2, 0) is 11.2 Å². The quantitative estimate of drug-likeness (QED) is 0.796. The molecule has 1 heterocycles. The van der Waals surface area contributed by atoms with E-state index in [1.165, 1.54) is 12.0 Å². The maximum absolute atomic E-state index is 12.3. The minimum atomic E-state index is 0.221. The zero-order valence-electron chi connectivity index (χ0n) is 11.4. The van der Waals surface area contributed by atoms with E-state index in [2.05, 4.69) is 17.9 Å². The second-order valence-electron chi connectivity index (χ2n) is 5.02. The fraction of sp³-hybridized carbons (Fsp3) is 0.533. The molecule has 1 aliphatic heterocycles. The molecule has 0 unspecified atom stereocenters. The van der Waals surface area contributed by atoms with Crippen LogP contribution in [0.1, 0.15) is 25.3 Å². The topological polar surface area (TPSA) is 23.6 Å². The maximum atomic E-state index is 12.3. The van der Waals surface area contributed by atoms with Crippen LogP contribution in [-0.4, -0.2) is 37.5 Å². The van der Waals surface area contributed by atoms with Crippen LogP contribution in [0.25, 0.3) is 0 Å². The van der Waals surface area contributed by atoms with Gasteiger partial charge in [-0.25, -0.2) is 0 Å². The first-order valence-corrected chi connectivity index (χ1v) is 6.79. The molecule has 0 fully saturated rings. The predicted octanol–water partition coefficient (Wildman–Crippen LogP) is 2.31. The molecular weight excluding hydrogens is 224 g/mol. The van der Waals surface area contributed by atoms with Gasteiger partial charge in [-0.15, -0.1) is 0 Å². The number of anilines is 1. The van der Waals surface area contributed by atoms with E-state index in [4.69, 9.17) is 0 Å². The molecule has 1 aliphatic rings. The van der Waals surface area contributed by atoms with E-state index in [1.807, 2.05) is 30.1 Å². The van der Waals surface area contributed by atoms with E-state index in [1.54, 1.807) is 0 Å². The largest absolute Gasteiger partial charge is 0.311 e. The van der Waals surface area contributed by atoms with Crippen LogP contribution in [0.4, 0.5) is 5.69 Å². The van der Waals surface area contributed by atoms with Gasteiger partial charge < -0.3 is 4.90 Å². The van der Waals surface area contributed by atoms with Crippen LogP contribution in [0, 0.1) is 0 Å². The van der Waals surface area contributed by atoms with Gasteiger partial charge in [-0.2, -0.15) is 0 Å². The summed E-state index contributed by atoms with van der Waals surface area (Å²) in [7, 11) is 2.02. The summed E-state index contributed by atoms with van der Waals surface area (Å²) in [6.07, 6.45) is 3.31. The minimum Gasteiger partial charge on any atom is -0.311 e. The van der Waals surface area contributed by atoms with Crippen LogP contribution < -0.4 is 4.90 Å². The average Bonchev–Trinajstić information content (AvgIpc) is 2.80. The van der Waals surface area contributed by atoms with Gasteiger partial charge in [0.1, 0.15) is 0 Å². The Bertz CT molecular complexity index is 417. The molecule has 0 atom stereocenters. The number of carbonyl (C=O) groups is 1. The van der Waals surface area contributed by atoms with Crippen molar-refractivity contribution in [1.82, 2.24) is 4.90 Å². The predicted molar refractivity (Wildman–Crippen MR) is 74.9 cm³/mol. The fourth-order valence-corrected chi connectivity index (χ4v) is 2.42. The van der Waals surface area contributed by atoms with E-state index >= 15 is 0 Å². The third-order valence-electron chi connectivity index (χ3n) is 3.49. The van der Waals surface area contributed by atoms with Gasteiger partial charge in [0.05, 0.1) is 6.54 Å². The third kappa shape index (κ3) is 2.91. The second-order valence-corrected chi connectivity index (χ2v) is 5.02. The van der Waals surface area contributed by atoms with E-state index in [-0.39, 0.29) is 5.91 Å². The molecule has 1 aromatic carbocycles. The zero-order chi connectivity index (χ0) is 13.0. The van der Waals surface area contributed by atoms with Crippen LogP contribution in [0.2, 0.25) is 0 Å². The fourth-order valence-electron chi connectivity index (χ4n) is 2.42. The monoisotopic (exact) mass is 246 g/mol. The molecule has 0 bridgehead atoms. The summed E-state index contributed by atoms with van der Waals surface area (Å²) in [4.78, 5) is 16.3. The van der Waals surface area contributed by atoms with Crippen LogP contribution in [0.5, 0.6) is 0 Å². The molecule has 0 saturated carbocycles. The van der Waals surface area contributed by atoms with Crippen molar-refractivity contribution in [2.24, 2.45) is 0 Å². The van der Waals surface area contributed by atoms with Gasteiger partial charge in [0.15, 0.2) is 0 Å². The number of fused-ring (bicyclic) bond motifs is 1. The second kappa shape index (κ2) is 6.01. The summed E-state index contributed by atoms with van der Waals surface area (Å²) in [5, 5.41) is 0. The Morgan fingerprint density at radius 3 is 2.94 bits per heavy atom. The Kier molecular flexibility index (Phi) is 4.37. The first-order valence-electron chi connectivity index (χ1n) is 6.79. The Morgan fingerprint density at radius 2 is 2.17 bits per heavy atom. The van der Waals surface area contributed by atoms with Crippen molar-refractivity contribution in [1.29, 1.82) is 0 Å². The molecule has 0 radical (unpaired) electrons. The van der Waals surface area contributed by atoms with Gasteiger partial charge in [-0.3, -0.25) is 9.69 Å². The Hall–Kier alpha value is -1.35. The Labute approximate surface area is 109 Å². The van der Waals surface area contributed by atoms with Crippen molar-refractivity contribution in [2.45, 2.75) is 26.2 Å². The lowest BCUT2D eigenvalue weighted by Gasteiger charge is -2.22. The molecule has 0 aliphatic carbocycles. The summed E-state index contributed by atoms with van der Waals surface area (Å²) < 4.78 is 0. The van der Waals surface area contributed by atoms with Crippen molar-refractivity contribution in [3.05, 3.63) is 29.8 Å². The highest BCUT2D eigenvalue weighted by Crippen LogP contribution is 2.27. The highest BCUT2D eigenvalue weighted by molar-refractivity contribution is 5.96. The number of carbonyl (C=O) groups excluding carboxylic acids is 1. The number of hydrogen-bond acceptors (Lipinski definition) is 2. The molecule has 2 rings (SSSR count). The molecule has 0 aromatic heterocycles. The number of para-hydroxylation sites is 1. The van der Waals surface area contributed by atoms with Gasteiger partial charge in [-0.05, 0) is 38.1 Å². The van der Waals surface area contributed by atoms with Crippen molar-refractivity contribution in [3.63, 3.8) is 0 Å². The summed E-state index contributed by atoms with van der Waals surface area (Å²) in [6, 6.07) is 8.21. The number of unbranched alkanes of at least 4 members (excludes halogenated alkanes) is 1. The van der Waals surface area contributed by atoms with Crippen molar-refractivity contribution >= 4 is 11.6 Å². The number of rotatable bonds is 5. The lowest BCUT2D eigenvalue weighted by molar-refractivity contribution is -0.119. The molecule has 3 nitrogen and oxygen atoms in total. The average molecular weight is 246 g/mol. The number of likely N-dealkylation sites (N-methyl/N-ethyl adjacent to an activating group) is 1. The van der Waals surface area contributed by atoms with Gasteiger partial charge >= 0.3 is 0 Å². The van der Waals surface area contributed by atoms with Gasteiger partial charge in [0.25, 0.3) is 0 Å². The summed E-state index contributed by atoms with van der Waals surface area (Å²) in [5.41, 5.74) is 2.40. The Morgan fingerprint density at radius 1 is 1.39 bits per heavy atom. The summed E-state index contributed by atoms with van der Waals surface area (Å²) in [6.45, 7) is 4.53. The summed E-state index contributed by atoms with van der Waals surface area (Å²) in [5.74, 6) is 0.221. The van der Waals surface area contributed by atoms with Gasteiger partial charge in [0.2, 0.25) is 5.91 Å². The number of hydrogen-bond donors (Lipinski definition) is 0. The first-order chi connectivity index (χ1) is 8.72. The number of benzene rings is 1. The lowest BCUT2D eigenvalue weighted by Crippen LogP contribution is -2.38. The smallest absolute Gasteiger partial charge is 0.241 e. The summed E-state index contributed by atoms with van der Waals surface area (Å²) >= 11 is 0. The van der Waals surface area contributed by atoms with E-state index in [0.717, 1.165) is 31.6 Å². The van der Waals surface area contributed by atoms with Crippen molar-refractivity contribution in [3.8, 4) is 0 Å². The molecule has 0 spiro atoms. The minimum absolute atomic E-state index is 0.221. The van der Waals surface area contributed by atoms with Gasteiger partial charge in [-0.1, -0.05) is 31.5 Å². The van der Waals surface area contributed by atoms with E-state index < -0.39 is 0 Å². The SMILES string of the molecule is CCCCN(C)CC(=O)N1CCc2ccccc21. The van der Waals surface area contributed by atoms with Crippen molar-refractivity contribution < 1.29 is 4.79 Å². The van der Waals surface area contributed by atoms with Crippen LogP contribution >= 0.6 is 0 Å². The maximum Gasteiger partial charge on any atom is 0.241 e. The van der Waals surface area contributed by atoms with Crippen molar-refractivity contribution in [2.75, 3.05) is 31.6 Å². The molecule has 0 saturated heterocycles. The molecule has 1 amide bonds. The normalized spacial score (nSPS) is 14.1. The lowest BCUT2D eigenvalue weighted by atomic mass is 10.2. The standard InChI is InChI=1S/C15H22N2O/c1-3-4-10-16(2)12-15(18)17-11-9-13-7-5-6-8-14(13)17/h5-8H,3-4,9-12H2,1-2H3. The molecule has 1 aromatic rings. The molecule has 98 valence electrons. The Balaban J connectivity index is 1.95. The number of amides is 1. The molecular formula is C15H22N2O. The molecule has 0 N–H and O–H groups in total. The number of nitrogens with zero attached hydrogens (tertiary/aromatic N) is 2. The highest BCUT2D eigenvalue weighted by atomic mass is 16.2. The first kappa shape index (κ1) is 13.1. The van der Waals surface area contributed by atoms with E-state index in [9.17, 15) is 4.79 Å². The third-order valence-corrected chi connectivity index (χ3v) is 3.49. The van der Waals surface area contributed by atoms with Gasteiger partial charge in [0, 0.05) is 12.2 Å². The van der Waals surface area contributed by atoms with Crippen LogP contribution in [0.3, 0.4) is 0 Å². The molecule has 3 heteroatoms. The highest BCUT2D eigenvalue weighted by Gasteiger charge is 2.24. The van der Waals surface area contributed by atoms with Crippen LogP contribution in [0.15, 0.2) is 24.3 Å². The zero-order valence-corrected chi connectivity index (χ0v) is 11.4.